The van der Waals surface area contributed by atoms with Gasteiger partial charge < -0.3 is 5.11 Å². The molecule has 86 valence electrons. The first kappa shape index (κ1) is 10.8. The van der Waals surface area contributed by atoms with Gasteiger partial charge >= 0.3 is 6.03 Å². The van der Waals surface area contributed by atoms with Crippen molar-refractivity contribution in [2.75, 3.05) is 10.6 Å². The fourth-order valence-corrected chi connectivity index (χ4v) is 1.11. The number of amides is 2. The molecule has 0 aliphatic heterocycles. The van der Waals surface area contributed by atoms with Crippen LogP contribution in [0.15, 0.2) is 36.9 Å². The van der Waals surface area contributed by atoms with Gasteiger partial charge in [-0.05, 0) is 12.1 Å². The Bertz CT molecular complexity index is 517. The first-order valence-electron chi connectivity index (χ1n) is 4.74. The largest absolute Gasteiger partial charge is 0.504 e. The standard InChI is InChI=1S/C10H9N5O2/c16-7-2-1-3-13-9(7)15-10(17)14-8-6-11-4-5-12-8/h1-6,16H,(H2,12,13,14,15,17). The second-order valence-electron chi connectivity index (χ2n) is 3.04. The minimum Gasteiger partial charge on any atom is -0.504 e. The molecular formula is C10H9N5O2. The molecule has 0 aliphatic rings. The molecule has 3 N–H and O–H groups in total. The predicted octanol–water partition coefficient (Wildman–Crippen LogP) is 1.22. The monoisotopic (exact) mass is 231 g/mol. The Hall–Kier alpha value is -2.70. The Morgan fingerprint density at radius 3 is 2.76 bits per heavy atom. The van der Waals surface area contributed by atoms with Crippen LogP contribution >= 0.6 is 0 Å². The summed E-state index contributed by atoms with van der Waals surface area (Å²) in [5.41, 5.74) is 0. The smallest absolute Gasteiger partial charge is 0.326 e. The quantitative estimate of drug-likeness (QED) is 0.721. The van der Waals surface area contributed by atoms with Crippen LogP contribution < -0.4 is 10.6 Å². The van der Waals surface area contributed by atoms with Crippen LogP contribution in [-0.2, 0) is 0 Å². The number of nitrogens with one attached hydrogen (secondary N) is 2. The van der Waals surface area contributed by atoms with E-state index in [1.807, 2.05) is 0 Å². The van der Waals surface area contributed by atoms with Gasteiger partial charge in [0, 0.05) is 18.6 Å². The molecule has 0 radical (unpaired) electrons. The normalized spacial score (nSPS) is 9.65. The van der Waals surface area contributed by atoms with Crippen molar-refractivity contribution in [1.82, 2.24) is 15.0 Å². The number of hydrogen-bond donors (Lipinski definition) is 3. The van der Waals surface area contributed by atoms with Gasteiger partial charge in [0.25, 0.3) is 0 Å². The summed E-state index contributed by atoms with van der Waals surface area (Å²) < 4.78 is 0. The fourth-order valence-electron chi connectivity index (χ4n) is 1.11. The molecule has 7 heteroatoms. The first-order chi connectivity index (χ1) is 8.25. The second-order valence-corrected chi connectivity index (χ2v) is 3.04. The molecule has 7 nitrogen and oxygen atoms in total. The molecule has 0 spiro atoms. The molecule has 2 amide bonds. The lowest BCUT2D eigenvalue weighted by atomic mass is 10.4. The maximum atomic E-state index is 11.5. The molecule has 0 atom stereocenters. The predicted molar refractivity (Wildman–Crippen MR) is 60.6 cm³/mol. The summed E-state index contributed by atoms with van der Waals surface area (Å²) in [6, 6.07) is 2.42. The third-order valence-electron chi connectivity index (χ3n) is 1.82. The van der Waals surface area contributed by atoms with E-state index in [4.69, 9.17) is 0 Å². The zero-order valence-electron chi connectivity index (χ0n) is 8.66. The van der Waals surface area contributed by atoms with E-state index in [9.17, 15) is 9.90 Å². The maximum Gasteiger partial charge on any atom is 0.326 e. The lowest BCUT2D eigenvalue weighted by Crippen LogP contribution is -2.20. The summed E-state index contributed by atoms with van der Waals surface area (Å²) in [4.78, 5) is 23.0. The molecular weight excluding hydrogens is 222 g/mol. The zero-order valence-corrected chi connectivity index (χ0v) is 8.66. The van der Waals surface area contributed by atoms with E-state index in [1.54, 1.807) is 6.07 Å². The molecule has 0 fully saturated rings. The Kier molecular flexibility index (Phi) is 3.10. The van der Waals surface area contributed by atoms with Crippen molar-refractivity contribution >= 4 is 17.7 Å². The van der Waals surface area contributed by atoms with Crippen LogP contribution in [0, 0.1) is 0 Å². The molecule has 0 saturated carbocycles. The third-order valence-corrected chi connectivity index (χ3v) is 1.82. The number of carbonyl (C=O) groups is 1. The minimum atomic E-state index is -0.556. The van der Waals surface area contributed by atoms with Gasteiger partial charge in [0.1, 0.15) is 0 Å². The van der Waals surface area contributed by atoms with E-state index in [1.165, 1.54) is 30.9 Å². The molecule has 2 heterocycles. The zero-order chi connectivity index (χ0) is 12.1. The number of pyridine rings is 1. The number of anilines is 2. The maximum absolute atomic E-state index is 11.5. The average molecular weight is 231 g/mol. The number of aromatic hydroxyl groups is 1. The fraction of sp³-hybridized carbons (Fsp3) is 0. The first-order valence-corrected chi connectivity index (χ1v) is 4.74. The Morgan fingerprint density at radius 2 is 2.06 bits per heavy atom. The van der Waals surface area contributed by atoms with Crippen molar-refractivity contribution in [1.29, 1.82) is 0 Å². The van der Waals surface area contributed by atoms with Crippen LogP contribution in [0.4, 0.5) is 16.4 Å². The van der Waals surface area contributed by atoms with Crippen LogP contribution in [-0.4, -0.2) is 26.1 Å². The number of carbonyl (C=O) groups excluding carboxylic acids is 1. The van der Waals surface area contributed by atoms with Crippen LogP contribution in [0.1, 0.15) is 0 Å². The molecule has 0 bridgehead atoms. The van der Waals surface area contributed by atoms with Crippen molar-refractivity contribution in [3.05, 3.63) is 36.9 Å². The lowest BCUT2D eigenvalue weighted by Gasteiger charge is -2.06. The van der Waals surface area contributed by atoms with Gasteiger partial charge in [0.05, 0.1) is 6.20 Å². The summed E-state index contributed by atoms with van der Waals surface area (Å²) in [5, 5.41) is 14.2. The summed E-state index contributed by atoms with van der Waals surface area (Å²) in [7, 11) is 0. The molecule has 0 saturated heterocycles. The summed E-state index contributed by atoms with van der Waals surface area (Å²) in [6.07, 6.45) is 5.80. The van der Waals surface area contributed by atoms with E-state index in [0.29, 0.717) is 5.82 Å². The van der Waals surface area contributed by atoms with Gasteiger partial charge in [-0.3, -0.25) is 15.6 Å². The number of aromatic nitrogens is 3. The van der Waals surface area contributed by atoms with E-state index in [2.05, 4.69) is 25.6 Å². The second kappa shape index (κ2) is 4.88. The number of hydrogen-bond acceptors (Lipinski definition) is 5. The van der Waals surface area contributed by atoms with E-state index in [0.717, 1.165) is 0 Å². The van der Waals surface area contributed by atoms with Crippen LogP contribution in [0.25, 0.3) is 0 Å². The number of nitrogens with zero attached hydrogens (tertiary/aromatic N) is 3. The molecule has 2 rings (SSSR count). The van der Waals surface area contributed by atoms with E-state index >= 15 is 0 Å². The number of urea groups is 1. The third kappa shape index (κ3) is 2.88. The minimum absolute atomic E-state index is 0.0777. The summed E-state index contributed by atoms with van der Waals surface area (Å²) in [5.74, 6) is 0.274. The Labute approximate surface area is 96.6 Å². The average Bonchev–Trinajstić information content (AvgIpc) is 2.33. The summed E-state index contributed by atoms with van der Waals surface area (Å²) >= 11 is 0. The van der Waals surface area contributed by atoms with Crippen molar-refractivity contribution < 1.29 is 9.90 Å². The number of rotatable bonds is 2. The van der Waals surface area contributed by atoms with Crippen LogP contribution in [0.5, 0.6) is 5.75 Å². The van der Waals surface area contributed by atoms with Crippen molar-refractivity contribution in [3.63, 3.8) is 0 Å². The van der Waals surface area contributed by atoms with Crippen LogP contribution in [0.3, 0.4) is 0 Å². The highest BCUT2D eigenvalue weighted by Gasteiger charge is 2.07. The highest BCUT2D eigenvalue weighted by atomic mass is 16.3. The topological polar surface area (TPSA) is 100 Å². The van der Waals surface area contributed by atoms with Crippen molar-refractivity contribution in [2.24, 2.45) is 0 Å². The molecule has 2 aromatic rings. The van der Waals surface area contributed by atoms with E-state index in [-0.39, 0.29) is 11.6 Å². The summed E-state index contributed by atoms with van der Waals surface area (Å²) in [6.45, 7) is 0. The molecule has 0 aromatic carbocycles. The van der Waals surface area contributed by atoms with E-state index < -0.39 is 6.03 Å². The van der Waals surface area contributed by atoms with Gasteiger partial charge in [0.2, 0.25) is 0 Å². The Morgan fingerprint density at radius 1 is 1.18 bits per heavy atom. The van der Waals surface area contributed by atoms with Gasteiger partial charge in [0.15, 0.2) is 17.4 Å². The lowest BCUT2D eigenvalue weighted by molar-refractivity contribution is 0.262. The molecule has 17 heavy (non-hydrogen) atoms. The van der Waals surface area contributed by atoms with Crippen molar-refractivity contribution in [2.45, 2.75) is 0 Å². The van der Waals surface area contributed by atoms with Gasteiger partial charge in [-0.15, -0.1) is 0 Å². The van der Waals surface area contributed by atoms with Gasteiger partial charge in [-0.2, -0.15) is 0 Å². The van der Waals surface area contributed by atoms with Gasteiger partial charge in [-0.1, -0.05) is 0 Å². The molecule has 2 aromatic heterocycles. The molecule has 0 aliphatic carbocycles. The highest BCUT2D eigenvalue weighted by Crippen LogP contribution is 2.18. The van der Waals surface area contributed by atoms with Crippen LogP contribution in [0.2, 0.25) is 0 Å². The Balaban J connectivity index is 2.01. The van der Waals surface area contributed by atoms with Gasteiger partial charge in [-0.25, -0.2) is 14.8 Å². The highest BCUT2D eigenvalue weighted by molar-refractivity contribution is 5.99. The molecule has 0 unspecified atom stereocenters. The SMILES string of the molecule is O=C(Nc1cnccn1)Nc1ncccc1O. The van der Waals surface area contributed by atoms with Crippen molar-refractivity contribution in [3.8, 4) is 5.75 Å².